The van der Waals surface area contributed by atoms with Gasteiger partial charge in [-0.1, -0.05) is 17.7 Å². The first-order valence-corrected chi connectivity index (χ1v) is 9.30. The van der Waals surface area contributed by atoms with E-state index in [1.54, 1.807) is 0 Å². The first-order valence-electron chi connectivity index (χ1n) is 7.48. The van der Waals surface area contributed by atoms with E-state index in [-0.39, 0.29) is 21.5 Å². The Morgan fingerprint density at radius 2 is 1.86 bits per heavy atom. The number of alkyl halides is 3. The summed E-state index contributed by atoms with van der Waals surface area (Å²) in [5.41, 5.74) is -1.99. The monoisotopic (exact) mass is 434 g/mol. The van der Waals surface area contributed by atoms with Gasteiger partial charge in [0.1, 0.15) is 5.02 Å². The Hall–Kier alpha value is -2.63. The van der Waals surface area contributed by atoms with E-state index in [2.05, 4.69) is 0 Å². The molecule has 12 heteroatoms. The van der Waals surface area contributed by atoms with Crippen LogP contribution in [0.1, 0.15) is 11.1 Å². The number of fused-ring (bicyclic) bond motifs is 1. The Morgan fingerprint density at radius 3 is 2.43 bits per heavy atom. The second-order valence-electron chi connectivity index (χ2n) is 5.71. The van der Waals surface area contributed by atoms with E-state index in [0.717, 1.165) is 36.5 Å². The highest BCUT2D eigenvalue weighted by Crippen LogP contribution is 2.35. The van der Waals surface area contributed by atoms with Crippen molar-refractivity contribution in [2.75, 3.05) is 0 Å². The molecule has 0 saturated heterocycles. The number of nitrogens with zero attached hydrogens (tertiary/aromatic N) is 2. The van der Waals surface area contributed by atoms with Gasteiger partial charge in [-0.05, 0) is 24.3 Å². The Balaban J connectivity index is 2.30. The maximum absolute atomic E-state index is 13.0. The normalized spacial score (nSPS) is 12.5. The van der Waals surface area contributed by atoms with Crippen molar-refractivity contribution in [1.82, 2.24) is 3.97 Å². The van der Waals surface area contributed by atoms with Gasteiger partial charge in [0.2, 0.25) is 0 Å². The molecule has 0 unspecified atom stereocenters. The number of nitro groups is 1. The summed E-state index contributed by atoms with van der Waals surface area (Å²) in [5.74, 6) is 0. The fourth-order valence-electron chi connectivity index (χ4n) is 2.67. The summed E-state index contributed by atoms with van der Waals surface area (Å²) in [7, 11) is -4.51. The standard InChI is InChI=1S/C16H10ClF3N2O5S/c17-13-4-2-11(6-15(13)22(24)25)28(26,27)21-7-9(8-23)12-3-1-10(5-14(12)21)16(18,19)20/h1-7,23H,8H2. The Bertz CT molecular complexity index is 1200. The summed E-state index contributed by atoms with van der Waals surface area (Å²) < 4.78 is 65.6. The molecule has 0 bridgehead atoms. The highest BCUT2D eigenvalue weighted by Gasteiger charge is 2.32. The van der Waals surface area contributed by atoms with Gasteiger partial charge in [0.15, 0.2) is 0 Å². The largest absolute Gasteiger partial charge is 0.416 e. The molecule has 1 aromatic heterocycles. The number of aliphatic hydroxyl groups excluding tert-OH is 1. The van der Waals surface area contributed by atoms with E-state index in [4.69, 9.17) is 11.6 Å². The third-order valence-electron chi connectivity index (χ3n) is 4.02. The Kier molecular flexibility index (Phi) is 4.86. The SMILES string of the molecule is O=[N+]([O-])c1cc(S(=O)(=O)n2cc(CO)c3ccc(C(F)(F)F)cc32)ccc1Cl. The van der Waals surface area contributed by atoms with Crippen molar-refractivity contribution >= 4 is 38.2 Å². The molecular formula is C16H10ClF3N2O5S. The van der Waals surface area contributed by atoms with Gasteiger partial charge in [0.05, 0.1) is 27.5 Å². The highest BCUT2D eigenvalue weighted by atomic mass is 35.5. The molecule has 1 N–H and O–H groups in total. The molecular weight excluding hydrogens is 425 g/mol. The minimum atomic E-state index is -4.72. The lowest BCUT2D eigenvalue weighted by Crippen LogP contribution is -2.13. The molecule has 0 saturated carbocycles. The summed E-state index contributed by atoms with van der Waals surface area (Å²) in [5, 5.41) is 20.3. The molecule has 0 aliphatic carbocycles. The predicted molar refractivity (Wildman–Crippen MR) is 93.6 cm³/mol. The summed E-state index contributed by atoms with van der Waals surface area (Å²) in [6.07, 6.45) is -3.74. The quantitative estimate of drug-likeness (QED) is 0.494. The molecule has 0 amide bonds. The van der Waals surface area contributed by atoms with Gasteiger partial charge in [-0.2, -0.15) is 13.2 Å². The van der Waals surface area contributed by atoms with Crippen LogP contribution in [-0.4, -0.2) is 22.4 Å². The van der Waals surface area contributed by atoms with Crippen LogP contribution in [0.25, 0.3) is 10.9 Å². The van der Waals surface area contributed by atoms with Gasteiger partial charge >= 0.3 is 6.18 Å². The topological polar surface area (TPSA) is 102 Å². The van der Waals surface area contributed by atoms with E-state index >= 15 is 0 Å². The molecule has 0 aliphatic heterocycles. The molecule has 0 spiro atoms. The third kappa shape index (κ3) is 3.32. The lowest BCUT2D eigenvalue weighted by molar-refractivity contribution is -0.384. The third-order valence-corrected chi connectivity index (χ3v) is 6.01. The number of rotatable bonds is 4. The molecule has 1 heterocycles. The number of hydrogen-bond acceptors (Lipinski definition) is 5. The summed E-state index contributed by atoms with van der Waals surface area (Å²) in [6, 6.07) is 5.19. The van der Waals surface area contributed by atoms with Gasteiger partial charge in [-0.3, -0.25) is 10.1 Å². The van der Waals surface area contributed by atoms with E-state index in [0.29, 0.717) is 10.0 Å². The Labute approximate surface area is 160 Å². The fourth-order valence-corrected chi connectivity index (χ4v) is 4.26. The Morgan fingerprint density at radius 1 is 1.18 bits per heavy atom. The fraction of sp³-hybridized carbons (Fsp3) is 0.125. The van der Waals surface area contributed by atoms with Crippen LogP contribution in [0.2, 0.25) is 5.02 Å². The van der Waals surface area contributed by atoms with E-state index < -0.39 is 43.9 Å². The van der Waals surface area contributed by atoms with Crippen molar-refractivity contribution < 1.29 is 31.6 Å². The minimum absolute atomic E-state index is 0.0794. The van der Waals surface area contributed by atoms with Crippen molar-refractivity contribution in [1.29, 1.82) is 0 Å². The van der Waals surface area contributed by atoms with Crippen LogP contribution < -0.4 is 0 Å². The lowest BCUT2D eigenvalue weighted by Gasteiger charge is -2.10. The van der Waals surface area contributed by atoms with Gasteiger partial charge in [0, 0.05) is 23.2 Å². The maximum atomic E-state index is 13.0. The molecule has 3 aromatic rings. The van der Waals surface area contributed by atoms with Crippen LogP contribution in [0.3, 0.4) is 0 Å². The molecule has 0 aliphatic rings. The molecule has 28 heavy (non-hydrogen) atoms. The van der Waals surface area contributed by atoms with Crippen LogP contribution >= 0.6 is 11.6 Å². The average Bonchev–Trinajstić information content (AvgIpc) is 2.99. The summed E-state index contributed by atoms with van der Waals surface area (Å²) >= 11 is 5.68. The van der Waals surface area contributed by atoms with Crippen LogP contribution in [-0.2, 0) is 22.8 Å². The number of aliphatic hydroxyl groups is 1. The maximum Gasteiger partial charge on any atom is 0.416 e. The molecule has 7 nitrogen and oxygen atoms in total. The molecule has 2 aromatic carbocycles. The van der Waals surface area contributed by atoms with E-state index in [9.17, 15) is 36.8 Å². The second-order valence-corrected chi connectivity index (χ2v) is 7.94. The van der Waals surface area contributed by atoms with Crippen LogP contribution in [0.4, 0.5) is 18.9 Å². The number of nitro benzene ring substituents is 1. The van der Waals surface area contributed by atoms with Crippen molar-refractivity contribution in [3.63, 3.8) is 0 Å². The van der Waals surface area contributed by atoms with Crippen molar-refractivity contribution in [3.8, 4) is 0 Å². The first kappa shape index (κ1) is 20.1. The molecule has 148 valence electrons. The number of benzene rings is 2. The highest BCUT2D eigenvalue weighted by molar-refractivity contribution is 7.90. The average molecular weight is 435 g/mol. The number of halogens is 4. The number of aromatic nitrogens is 1. The van der Waals surface area contributed by atoms with Crippen LogP contribution in [0.15, 0.2) is 47.5 Å². The van der Waals surface area contributed by atoms with Gasteiger partial charge in [0.25, 0.3) is 15.7 Å². The smallest absolute Gasteiger partial charge is 0.392 e. The van der Waals surface area contributed by atoms with Gasteiger partial charge < -0.3 is 5.11 Å². The molecule has 0 atom stereocenters. The van der Waals surface area contributed by atoms with Crippen LogP contribution in [0, 0.1) is 10.1 Å². The van der Waals surface area contributed by atoms with Crippen molar-refractivity contribution in [3.05, 3.63) is 68.9 Å². The van der Waals surface area contributed by atoms with Gasteiger partial charge in [-0.15, -0.1) is 0 Å². The second kappa shape index (κ2) is 6.76. The molecule has 0 radical (unpaired) electrons. The van der Waals surface area contributed by atoms with E-state index in [1.807, 2.05) is 0 Å². The minimum Gasteiger partial charge on any atom is -0.392 e. The molecule has 3 rings (SSSR count). The van der Waals surface area contributed by atoms with Crippen molar-refractivity contribution in [2.24, 2.45) is 0 Å². The zero-order valence-electron chi connectivity index (χ0n) is 13.6. The van der Waals surface area contributed by atoms with Crippen molar-refractivity contribution in [2.45, 2.75) is 17.7 Å². The zero-order chi connectivity index (χ0) is 20.9. The molecule has 0 fully saturated rings. The summed E-state index contributed by atoms with van der Waals surface area (Å²) in [6.45, 7) is -0.620. The van der Waals surface area contributed by atoms with E-state index in [1.165, 1.54) is 0 Å². The first-order chi connectivity index (χ1) is 13.0. The number of hydrogen-bond donors (Lipinski definition) is 1. The lowest BCUT2D eigenvalue weighted by atomic mass is 10.1. The van der Waals surface area contributed by atoms with Gasteiger partial charge in [-0.25, -0.2) is 12.4 Å². The predicted octanol–water partition coefficient (Wildman–Crippen LogP) is 3.95. The van der Waals surface area contributed by atoms with Crippen LogP contribution in [0.5, 0.6) is 0 Å². The zero-order valence-corrected chi connectivity index (χ0v) is 15.2. The summed E-state index contributed by atoms with van der Waals surface area (Å²) in [4.78, 5) is 9.60.